The number of benzene rings is 1. The second-order valence-corrected chi connectivity index (χ2v) is 11.4. The molecule has 1 aromatic heterocycles. The first-order valence-corrected chi connectivity index (χ1v) is 9.85. The standard InChI is InChI=1S/C15H24N2O2Si/c1-15(2,3)20(5,6)18-10-11-7-8-13-12(9-11)17-14(16-4)19-13/h7-9H,10H2,1-6H3,(H,16,17). The number of oxazole rings is 1. The molecule has 2 rings (SSSR count). The smallest absolute Gasteiger partial charge is 0.295 e. The minimum atomic E-state index is -1.71. The van der Waals surface area contributed by atoms with Gasteiger partial charge in [0.25, 0.3) is 6.01 Å². The Balaban J connectivity index is 2.14. The fraction of sp³-hybridized carbons (Fsp3) is 0.533. The molecule has 1 aromatic carbocycles. The predicted molar refractivity (Wildman–Crippen MR) is 85.5 cm³/mol. The second kappa shape index (κ2) is 5.22. The Hall–Kier alpha value is -1.33. The molecule has 4 nitrogen and oxygen atoms in total. The summed E-state index contributed by atoms with van der Waals surface area (Å²) in [4.78, 5) is 4.36. The molecule has 2 aromatic rings. The summed E-state index contributed by atoms with van der Waals surface area (Å²) in [5.74, 6) is 0. The molecule has 0 saturated heterocycles. The quantitative estimate of drug-likeness (QED) is 0.849. The molecule has 0 unspecified atom stereocenters. The van der Waals surface area contributed by atoms with Crippen LogP contribution in [-0.4, -0.2) is 20.3 Å². The van der Waals surface area contributed by atoms with Crippen molar-refractivity contribution in [2.75, 3.05) is 12.4 Å². The van der Waals surface area contributed by atoms with Crippen LogP contribution in [0.1, 0.15) is 26.3 Å². The molecule has 0 aliphatic heterocycles. The summed E-state index contributed by atoms with van der Waals surface area (Å²) in [6.07, 6.45) is 0. The molecule has 0 amide bonds. The van der Waals surface area contributed by atoms with Crippen molar-refractivity contribution in [1.82, 2.24) is 4.98 Å². The fourth-order valence-corrected chi connectivity index (χ4v) is 2.61. The Morgan fingerprint density at radius 3 is 2.60 bits per heavy atom. The van der Waals surface area contributed by atoms with Crippen molar-refractivity contribution in [3.8, 4) is 0 Å². The van der Waals surface area contributed by atoms with Crippen molar-refractivity contribution >= 4 is 25.4 Å². The first kappa shape index (κ1) is 15.1. The second-order valence-electron chi connectivity index (χ2n) is 6.62. The first-order valence-electron chi connectivity index (χ1n) is 6.94. The lowest BCUT2D eigenvalue weighted by molar-refractivity contribution is 0.276. The van der Waals surface area contributed by atoms with Crippen LogP contribution in [-0.2, 0) is 11.0 Å². The molecule has 0 saturated carbocycles. The van der Waals surface area contributed by atoms with Crippen molar-refractivity contribution in [1.29, 1.82) is 0 Å². The average molecular weight is 292 g/mol. The Bertz CT molecular complexity index is 599. The Kier molecular flexibility index (Phi) is 3.93. The van der Waals surface area contributed by atoms with E-state index in [1.807, 2.05) is 18.2 Å². The zero-order valence-electron chi connectivity index (χ0n) is 13.2. The van der Waals surface area contributed by atoms with Gasteiger partial charge in [0.15, 0.2) is 13.9 Å². The van der Waals surface area contributed by atoms with Crippen molar-refractivity contribution in [3.63, 3.8) is 0 Å². The number of aromatic nitrogens is 1. The lowest BCUT2D eigenvalue weighted by Gasteiger charge is -2.36. The third kappa shape index (κ3) is 3.04. The van der Waals surface area contributed by atoms with E-state index in [4.69, 9.17) is 8.84 Å². The highest BCUT2D eigenvalue weighted by molar-refractivity contribution is 6.74. The summed E-state index contributed by atoms with van der Waals surface area (Å²) in [5, 5.41) is 3.14. The van der Waals surface area contributed by atoms with E-state index >= 15 is 0 Å². The highest BCUT2D eigenvalue weighted by atomic mass is 28.4. The van der Waals surface area contributed by atoms with Gasteiger partial charge in [-0.1, -0.05) is 26.8 Å². The molecule has 1 N–H and O–H groups in total. The lowest BCUT2D eigenvalue weighted by atomic mass is 10.2. The number of nitrogens with one attached hydrogen (secondary N) is 1. The van der Waals surface area contributed by atoms with Crippen LogP contribution in [0, 0.1) is 0 Å². The lowest BCUT2D eigenvalue weighted by Crippen LogP contribution is -2.40. The van der Waals surface area contributed by atoms with Crippen LogP contribution in [0.5, 0.6) is 0 Å². The molecule has 0 atom stereocenters. The van der Waals surface area contributed by atoms with E-state index in [9.17, 15) is 0 Å². The van der Waals surface area contributed by atoms with Gasteiger partial charge >= 0.3 is 0 Å². The Morgan fingerprint density at radius 2 is 2.00 bits per heavy atom. The first-order chi connectivity index (χ1) is 9.23. The Morgan fingerprint density at radius 1 is 1.30 bits per heavy atom. The van der Waals surface area contributed by atoms with Gasteiger partial charge in [0.1, 0.15) is 5.52 Å². The van der Waals surface area contributed by atoms with E-state index < -0.39 is 8.32 Å². The van der Waals surface area contributed by atoms with Crippen molar-refractivity contribution in [3.05, 3.63) is 23.8 Å². The molecule has 0 aliphatic carbocycles. The van der Waals surface area contributed by atoms with Crippen LogP contribution in [0.25, 0.3) is 11.1 Å². The summed E-state index contributed by atoms with van der Waals surface area (Å²) in [5.41, 5.74) is 2.80. The van der Waals surface area contributed by atoms with Gasteiger partial charge in [-0.2, -0.15) is 4.98 Å². The van der Waals surface area contributed by atoms with Crippen LogP contribution in [0.15, 0.2) is 22.6 Å². The maximum absolute atomic E-state index is 6.23. The molecule has 20 heavy (non-hydrogen) atoms. The SMILES string of the molecule is CNc1nc2cc(CO[Si](C)(C)C(C)(C)C)ccc2o1. The van der Waals surface area contributed by atoms with Gasteiger partial charge < -0.3 is 14.2 Å². The minimum Gasteiger partial charge on any atom is -0.424 e. The van der Waals surface area contributed by atoms with Crippen LogP contribution >= 0.6 is 0 Å². The molecule has 0 spiro atoms. The highest BCUT2D eigenvalue weighted by Crippen LogP contribution is 2.37. The van der Waals surface area contributed by atoms with E-state index in [0.717, 1.165) is 16.7 Å². The molecular weight excluding hydrogens is 268 g/mol. The van der Waals surface area contributed by atoms with Crippen LogP contribution in [0.2, 0.25) is 18.1 Å². The molecule has 0 radical (unpaired) electrons. The third-order valence-corrected chi connectivity index (χ3v) is 8.55. The van der Waals surface area contributed by atoms with Crippen molar-refractivity contribution in [2.45, 2.75) is 45.5 Å². The van der Waals surface area contributed by atoms with Crippen LogP contribution in [0.4, 0.5) is 6.01 Å². The third-order valence-electron chi connectivity index (χ3n) is 4.07. The van der Waals surface area contributed by atoms with Crippen LogP contribution < -0.4 is 5.32 Å². The number of nitrogens with zero attached hydrogens (tertiary/aromatic N) is 1. The minimum absolute atomic E-state index is 0.226. The van der Waals surface area contributed by atoms with E-state index in [1.165, 1.54) is 0 Å². The largest absolute Gasteiger partial charge is 0.424 e. The van der Waals surface area contributed by atoms with E-state index in [2.05, 4.69) is 44.2 Å². The van der Waals surface area contributed by atoms with E-state index in [0.29, 0.717) is 12.6 Å². The van der Waals surface area contributed by atoms with Gasteiger partial charge in [0.2, 0.25) is 0 Å². The molecule has 0 aliphatic rings. The number of hydrogen-bond acceptors (Lipinski definition) is 4. The van der Waals surface area contributed by atoms with E-state index in [1.54, 1.807) is 7.05 Å². The van der Waals surface area contributed by atoms with Crippen molar-refractivity contribution in [2.24, 2.45) is 0 Å². The monoisotopic (exact) mass is 292 g/mol. The normalized spacial score (nSPS) is 12.9. The topological polar surface area (TPSA) is 47.3 Å². The van der Waals surface area contributed by atoms with Gasteiger partial charge in [-0.3, -0.25) is 0 Å². The summed E-state index contributed by atoms with van der Waals surface area (Å²) < 4.78 is 11.7. The number of rotatable bonds is 4. The zero-order chi connectivity index (χ0) is 15.0. The highest BCUT2D eigenvalue weighted by Gasteiger charge is 2.37. The fourth-order valence-electron chi connectivity index (χ4n) is 1.65. The molecule has 0 bridgehead atoms. The maximum atomic E-state index is 6.23. The van der Waals surface area contributed by atoms with Gasteiger partial charge in [0, 0.05) is 7.05 Å². The molecule has 1 heterocycles. The predicted octanol–water partition coefficient (Wildman–Crippen LogP) is 4.39. The zero-order valence-corrected chi connectivity index (χ0v) is 14.2. The van der Waals surface area contributed by atoms with Crippen LogP contribution in [0.3, 0.4) is 0 Å². The number of fused-ring (bicyclic) bond motifs is 1. The number of anilines is 1. The van der Waals surface area contributed by atoms with Gasteiger partial charge in [-0.15, -0.1) is 0 Å². The molecule has 5 heteroatoms. The van der Waals surface area contributed by atoms with Crippen molar-refractivity contribution < 1.29 is 8.84 Å². The van der Waals surface area contributed by atoms with Gasteiger partial charge in [-0.05, 0) is 35.8 Å². The summed E-state index contributed by atoms with van der Waals surface area (Å²) >= 11 is 0. The maximum Gasteiger partial charge on any atom is 0.295 e. The summed E-state index contributed by atoms with van der Waals surface area (Å²) in [6.45, 7) is 11.9. The van der Waals surface area contributed by atoms with E-state index in [-0.39, 0.29) is 5.04 Å². The Labute approximate surface area is 121 Å². The molecular formula is C15H24N2O2Si. The van der Waals surface area contributed by atoms with Gasteiger partial charge in [0.05, 0.1) is 6.61 Å². The average Bonchev–Trinajstić information content (AvgIpc) is 2.77. The van der Waals surface area contributed by atoms with Gasteiger partial charge in [-0.25, -0.2) is 0 Å². The number of hydrogen-bond donors (Lipinski definition) is 1. The summed E-state index contributed by atoms with van der Waals surface area (Å²) in [7, 11) is 0.0848. The molecule has 0 fully saturated rings. The molecule has 110 valence electrons. The summed E-state index contributed by atoms with van der Waals surface area (Å²) in [6, 6.07) is 6.57.